The summed E-state index contributed by atoms with van der Waals surface area (Å²) in [6, 6.07) is 4.63. The molecular weight excluding hydrogens is 536 g/mol. The summed E-state index contributed by atoms with van der Waals surface area (Å²) in [6.45, 7) is 11.4. The van der Waals surface area contributed by atoms with E-state index in [1.54, 1.807) is 0 Å². The number of nitrogens with one attached hydrogen (secondary N) is 1. The van der Waals surface area contributed by atoms with Gasteiger partial charge in [0.15, 0.2) is 0 Å². The Kier molecular flexibility index (Phi) is 6.44. The van der Waals surface area contributed by atoms with Crippen LogP contribution in [0, 0.1) is 16.7 Å². The van der Waals surface area contributed by atoms with Crippen LogP contribution < -0.4 is 20.9 Å². The predicted molar refractivity (Wildman–Crippen MR) is 159 cm³/mol. The highest BCUT2D eigenvalue weighted by molar-refractivity contribution is 7.16. The van der Waals surface area contributed by atoms with E-state index in [1.165, 1.54) is 17.8 Å². The molecule has 0 amide bonds. The van der Waals surface area contributed by atoms with Gasteiger partial charge in [0.25, 0.3) is 0 Å². The molecular formula is C29H38N10OS. The topological polar surface area (TPSA) is 136 Å². The zero-order valence-electron chi connectivity index (χ0n) is 24.1. The largest absolute Gasteiger partial charge is 0.389 e. The molecule has 41 heavy (non-hydrogen) atoms. The van der Waals surface area contributed by atoms with Gasteiger partial charge in [-0.1, -0.05) is 5.16 Å². The number of aromatic nitrogens is 4. The summed E-state index contributed by atoms with van der Waals surface area (Å²) in [5.74, 6) is 2.61. The summed E-state index contributed by atoms with van der Waals surface area (Å²) in [5, 5.41) is 18.4. The van der Waals surface area contributed by atoms with Crippen LogP contribution in [0.1, 0.15) is 61.4 Å². The first kappa shape index (κ1) is 26.6. The van der Waals surface area contributed by atoms with Crippen LogP contribution in [0.3, 0.4) is 0 Å². The molecule has 0 unspecified atom stereocenters. The van der Waals surface area contributed by atoms with Gasteiger partial charge >= 0.3 is 0 Å². The van der Waals surface area contributed by atoms with Gasteiger partial charge in [-0.05, 0) is 66.1 Å². The molecule has 3 saturated heterocycles. The summed E-state index contributed by atoms with van der Waals surface area (Å²) >= 11 is 1.51. The maximum atomic E-state index is 9.90. The monoisotopic (exact) mass is 574 g/mol. The Bertz CT molecular complexity index is 1500. The Hall–Kier alpha value is -3.27. The first-order valence-corrected chi connectivity index (χ1v) is 15.6. The van der Waals surface area contributed by atoms with Gasteiger partial charge in [-0.2, -0.15) is 15.2 Å². The zero-order chi connectivity index (χ0) is 28.4. The lowest BCUT2D eigenvalue weighted by atomic mass is 9.72. The first-order chi connectivity index (χ1) is 19.8. The summed E-state index contributed by atoms with van der Waals surface area (Å²) in [7, 11) is 2.18. The smallest absolute Gasteiger partial charge is 0.237 e. The van der Waals surface area contributed by atoms with E-state index in [2.05, 4.69) is 52.1 Å². The van der Waals surface area contributed by atoms with Crippen molar-refractivity contribution in [2.45, 2.75) is 57.4 Å². The molecule has 3 aliphatic heterocycles. The molecule has 3 aromatic rings. The van der Waals surface area contributed by atoms with Crippen molar-refractivity contribution in [3.8, 4) is 17.6 Å². The molecule has 0 aromatic carbocycles. The van der Waals surface area contributed by atoms with E-state index >= 15 is 0 Å². The minimum absolute atomic E-state index is 0.279. The zero-order valence-corrected chi connectivity index (χ0v) is 24.9. The van der Waals surface area contributed by atoms with Crippen molar-refractivity contribution in [1.82, 2.24) is 30.3 Å². The van der Waals surface area contributed by atoms with Gasteiger partial charge in [0.2, 0.25) is 17.7 Å². The molecule has 1 spiro atoms. The van der Waals surface area contributed by atoms with E-state index in [0.717, 1.165) is 93.7 Å². The van der Waals surface area contributed by atoms with Crippen molar-refractivity contribution in [2.24, 2.45) is 5.41 Å². The fourth-order valence-electron chi connectivity index (χ4n) is 7.35. The van der Waals surface area contributed by atoms with Crippen molar-refractivity contribution >= 4 is 28.1 Å². The number of anilines is 3. The van der Waals surface area contributed by atoms with Crippen molar-refractivity contribution in [3.63, 3.8) is 0 Å². The number of hydrogen-bond donors (Lipinski definition) is 2. The first-order valence-electron chi connectivity index (χ1n) is 14.7. The lowest BCUT2D eigenvalue weighted by Gasteiger charge is -2.48. The summed E-state index contributed by atoms with van der Waals surface area (Å²) < 4.78 is 5.98. The van der Waals surface area contributed by atoms with Crippen LogP contribution in [-0.4, -0.2) is 83.9 Å². The lowest BCUT2D eigenvalue weighted by Crippen LogP contribution is -2.58. The number of nitrogens with two attached hydrogens (primary N) is 1. The standard InChI is InChI=1S/C29H38N10OS/c1-18-14-37(3)10-5-11-39(18)27-33-20(12-22(34-27)38-16-29(17-38)8-9-32-15-29)25-35-26(40-36-25)28(2)7-4-6-21-23(28)19(13-30)24(31)41-21/h12,18,32H,4-11,14-17,31H2,1-3H3/t18-,28-/m0/s1. The third-order valence-electron chi connectivity index (χ3n) is 9.59. The molecule has 7 rings (SSSR count). The number of likely N-dealkylation sites (N-methyl/N-ethyl adjacent to an activating group) is 1. The Balaban J connectivity index is 1.27. The molecule has 0 saturated carbocycles. The predicted octanol–water partition coefficient (Wildman–Crippen LogP) is 3.01. The second kappa shape index (κ2) is 9.93. The number of fused-ring (bicyclic) bond motifs is 1. The van der Waals surface area contributed by atoms with Gasteiger partial charge in [-0.15, -0.1) is 11.3 Å². The van der Waals surface area contributed by atoms with Crippen LogP contribution >= 0.6 is 11.3 Å². The number of thiophene rings is 1. The molecule has 0 bridgehead atoms. The molecule has 3 N–H and O–H groups in total. The Morgan fingerprint density at radius 1 is 1.20 bits per heavy atom. The van der Waals surface area contributed by atoms with Crippen LogP contribution in [0.15, 0.2) is 10.6 Å². The third kappa shape index (κ3) is 4.45. The van der Waals surface area contributed by atoms with E-state index in [1.807, 2.05) is 6.07 Å². The number of nitriles is 1. The molecule has 3 fully saturated rings. The van der Waals surface area contributed by atoms with Crippen molar-refractivity contribution in [2.75, 3.05) is 68.4 Å². The van der Waals surface area contributed by atoms with E-state index < -0.39 is 5.41 Å². The highest BCUT2D eigenvalue weighted by Gasteiger charge is 2.46. The SMILES string of the molecule is C[C@H]1CN(C)CCCN1c1nc(-c2noc([C@@]3(C)CCCc4sc(N)c(C#N)c43)n2)cc(N2CC3(CCNC3)C2)n1. The Labute approximate surface area is 244 Å². The average Bonchev–Trinajstić information content (AvgIpc) is 3.67. The van der Waals surface area contributed by atoms with E-state index in [9.17, 15) is 5.26 Å². The number of nitrogen functional groups attached to an aromatic ring is 1. The Morgan fingerprint density at radius 3 is 2.83 bits per heavy atom. The number of aryl methyl sites for hydroxylation is 1. The van der Waals surface area contributed by atoms with Crippen LogP contribution in [0.2, 0.25) is 0 Å². The second-order valence-corrected chi connectivity index (χ2v) is 13.8. The fraction of sp³-hybridized carbons (Fsp3) is 0.621. The van der Waals surface area contributed by atoms with Gasteiger partial charge in [-0.25, -0.2) is 4.98 Å². The summed E-state index contributed by atoms with van der Waals surface area (Å²) in [4.78, 5) is 23.3. The number of hydrogen-bond acceptors (Lipinski definition) is 12. The second-order valence-electron chi connectivity index (χ2n) is 12.7. The molecule has 216 valence electrons. The third-order valence-corrected chi connectivity index (χ3v) is 10.7. The molecule has 4 aliphatic rings. The highest BCUT2D eigenvalue weighted by Crippen LogP contribution is 2.48. The van der Waals surface area contributed by atoms with Gasteiger partial charge < -0.3 is 30.3 Å². The van der Waals surface area contributed by atoms with Gasteiger partial charge in [0, 0.05) is 60.7 Å². The maximum absolute atomic E-state index is 9.90. The minimum Gasteiger partial charge on any atom is -0.389 e. The minimum atomic E-state index is -0.570. The van der Waals surface area contributed by atoms with E-state index in [4.69, 9.17) is 25.2 Å². The van der Waals surface area contributed by atoms with Crippen molar-refractivity contribution in [3.05, 3.63) is 28.0 Å². The van der Waals surface area contributed by atoms with Crippen LogP contribution in [0.25, 0.3) is 11.5 Å². The maximum Gasteiger partial charge on any atom is 0.237 e. The van der Waals surface area contributed by atoms with E-state index in [0.29, 0.717) is 33.4 Å². The van der Waals surface area contributed by atoms with Crippen molar-refractivity contribution < 1.29 is 4.52 Å². The van der Waals surface area contributed by atoms with E-state index in [-0.39, 0.29) is 6.04 Å². The molecule has 2 atom stereocenters. The fourth-order valence-corrected chi connectivity index (χ4v) is 8.54. The number of nitrogens with zero attached hydrogens (tertiary/aromatic N) is 8. The molecule has 11 nitrogen and oxygen atoms in total. The van der Waals surface area contributed by atoms with Gasteiger partial charge in [0.1, 0.15) is 22.6 Å². The summed E-state index contributed by atoms with van der Waals surface area (Å²) in [5.41, 5.74) is 8.19. The Morgan fingerprint density at radius 2 is 2.05 bits per heavy atom. The molecule has 3 aromatic heterocycles. The van der Waals surface area contributed by atoms with Gasteiger partial charge in [0.05, 0.1) is 11.0 Å². The van der Waals surface area contributed by atoms with Crippen LogP contribution in [-0.2, 0) is 11.8 Å². The molecule has 1 aliphatic carbocycles. The van der Waals surface area contributed by atoms with Crippen LogP contribution in [0.5, 0.6) is 0 Å². The molecule has 12 heteroatoms. The average molecular weight is 575 g/mol. The number of rotatable bonds is 4. The normalized spacial score (nSPS) is 26.0. The van der Waals surface area contributed by atoms with Gasteiger partial charge in [-0.3, -0.25) is 0 Å². The summed E-state index contributed by atoms with van der Waals surface area (Å²) in [6.07, 6.45) is 4.96. The highest BCUT2D eigenvalue weighted by atomic mass is 32.1. The molecule has 6 heterocycles. The van der Waals surface area contributed by atoms with Crippen molar-refractivity contribution in [1.29, 1.82) is 5.26 Å². The quantitative estimate of drug-likeness (QED) is 0.476. The lowest BCUT2D eigenvalue weighted by molar-refractivity contribution is 0.241. The molecule has 0 radical (unpaired) electrons. The van der Waals surface area contributed by atoms with Crippen LogP contribution in [0.4, 0.5) is 16.8 Å².